The first-order valence-corrected chi connectivity index (χ1v) is 9.91. The van der Waals surface area contributed by atoms with E-state index in [9.17, 15) is 9.18 Å². The summed E-state index contributed by atoms with van der Waals surface area (Å²) in [7, 11) is 0. The largest absolute Gasteiger partial charge is 0.381 e. The molecule has 0 unspecified atom stereocenters. The van der Waals surface area contributed by atoms with Crippen molar-refractivity contribution in [2.24, 2.45) is 0 Å². The van der Waals surface area contributed by atoms with Crippen LogP contribution in [0.2, 0.25) is 5.28 Å². The van der Waals surface area contributed by atoms with Crippen LogP contribution in [0.1, 0.15) is 16.6 Å². The van der Waals surface area contributed by atoms with E-state index in [1.54, 1.807) is 0 Å². The van der Waals surface area contributed by atoms with Gasteiger partial charge < -0.3 is 16.0 Å². The van der Waals surface area contributed by atoms with Crippen molar-refractivity contribution < 1.29 is 9.18 Å². The molecule has 5 rings (SSSR count). The fourth-order valence-corrected chi connectivity index (χ4v) is 4.42. The molecule has 29 heavy (non-hydrogen) atoms. The molecule has 3 N–H and O–H groups in total. The van der Waals surface area contributed by atoms with Gasteiger partial charge in [0.25, 0.3) is 5.91 Å². The van der Waals surface area contributed by atoms with Crippen molar-refractivity contribution in [3.05, 3.63) is 40.5 Å². The minimum absolute atomic E-state index is 0.0172. The summed E-state index contributed by atoms with van der Waals surface area (Å²) in [4.78, 5) is 29.6. The molecule has 0 spiro atoms. The summed E-state index contributed by atoms with van der Waals surface area (Å²) >= 11 is 7.14. The van der Waals surface area contributed by atoms with Crippen molar-refractivity contribution in [2.45, 2.75) is 13.0 Å². The molecule has 0 fully saturated rings. The monoisotopic (exact) mass is 429 g/mol. The SMILES string of the molecule is C[C@@H]1CNc2c(sc3ccc4nc(Nc5nc(Cl)ncc5F)cnc4c23)C(=O)N1. The van der Waals surface area contributed by atoms with Gasteiger partial charge in [-0.05, 0) is 30.7 Å². The van der Waals surface area contributed by atoms with Gasteiger partial charge in [0.05, 0.1) is 29.1 Å². The van der Waals surface area contributed by atoms with Gasteiger partial charge in [0.2, 0.25) is 5.28 Å². The van der Waals surface area contributed by atoms with E-state index in [4.69, 9.17) is 11.6 Å². The average molecular weight is 430 g/mol. The molecule has 11 heteroatoms. The van der Waals surface area contributed by atoms with Gasteiger partial charge in [0.1, 0.15) is 4.88 Å². The predicted octanol–water partition coefficient (Wildman–Crippen LogP) is 3.71. The van der Waals surface area contributed by atoms with E-state index in [-0.39, 0.29) is 23.1 Å². The predicted molar refractivity (Wildman–Crippen MR) is 111 cm³/mol. The number of thiophene rings is 1. The number of carbonyl (C=O) groups is 1. The number of amides is 1. The van der Waals surface area contributed by atoms with Crippen LogP contribution in [-0.2, 0) is 0 Å². The van der Waals surface area contributed by atoms with Crippen molar-refractivity contribution in [2.75, 3.05) is 17.2 Å². The lowest BCUT2D eigenvalue weighted by molar-refractivity contribution is 0.0949. The van der Waals surface area contributed by atoms with Gasteiger partial charge in [-0.3, -0.25) is 4.79 Å². The number of benzene rings is 1. The topological polar surface area (TPSA) is 105 Å². The van der Waals surface area contributed by atoms with Crippen LogP contribution >= 0.6 is 22.9 Å². The number of nitrogens with one attached hydrogen (secondary N) is 3. The van der Waals surface area contributed by atoms with Crippen LogP contribution in [-0.4, -0.2) is 38.4 Å². The lowest BCUT2D eigenvalue weighted by Crippen LogP contribution is -2.34. The van der Waals surface area contributed by atoms with Gasteiger partial charge in [-0.25, -0.2) is 19.3 Å². The highest BCUT2D eigenvalue weighted by atomic mass is 35.5. The third-order valence-corrected chi connectivity index (χ3v) is 5.83. The minimum atomic E-state index is -0.653. The molecule has 0 saturated carbocycles. The maximum Gasteiger partial charge on any atom is 0.263 e. The second kappa shape index (κ2) is 6.75. The zero-order valence-electron chi connectivity index (χ0n) is 15.0. The first kappa shape index (κ1) is 18.0. The van der Waals surface area contributed by atoms with E-state index in [2.05, 4.69) is 35.9 Å². The molecule has 1 aromatic carbocycles. The molecular weight excluding hydrogens is 417 g/mol. The van der Waals surface area contributed by atoms with Gasteiger partial charge in [0, 0.05) is 22.7 Å². The Hall–Kier alpha value is -3.11. The summed E-state index contributed by atoms with van der Waals surface area (Å²) in [6.07, 6.45) is 2.47. The number of nitrogens with zero attached hydrogens (tertiary/aromatic N) is 4. The molecular formula is C18H13ClFN7OS. The van der Waals surface area contributed by atoms with Crippen LogP contribution in [0, 0.1) is 5.82 Å². The highest BCUT2D eigenvalue weighted by Gasteiger charge is 2.25. The molecule has 8 nitrogen and oxygen atoms in total. The molecule has 1 aliphatic heterocycles. The summed E-state index contributed by atoms with van der Waals surface area (Å²) in [5.41, 5.74) is 2.02. The molecule has 0 bridgehead atoms. The standard InChI is InChI=1S/C18H13ClFN7OS/c1-7-4-21-14-12-10(29-15(14)17(28)24-7)3-2-9-13(12)22-6-11(25-9)26-16-8(20)5-23-18(19)27-16/h2-3,5-7,21H,4H2,1H3,(H,24,28)(H,23,25,26,27)/t7-/m1/s1. The van der Waals surface area contributed by atoms with Gasteiger partial charge in [-0.2, -0.15) is 4.98 Å². The summed E-state index contributed by atoms with van der Waals surface area (Å²) in [5, 5.41) is 9.85. The zero-order chi connectivity index (χ0) is 20.1. The molecule has 4 aromatic rings. The van der Waals surface area contributed by atoms with E-state index in [0.29, 0.717) is 28.3 Å². The zero-order valence-corrected chi connectivity index (χ0v) is 16.5. The van der Waals surface area contributed by atoms with Crippen molar-refractivity contribution in [3.8, 4) is 0 Å². The number of hydrogen-bond donors (Lipinski definition) is 3. The number of carbonyl (C=O) groups excluding carboxylic acids is 1. The fraction of sp³-hybridized carbons (Fsp3) is 0.167. The van der Waals surface area contributed by atoms with Gasteiger partial charge in [-0.1, -0.05) is 0 Å². The summed E-state index contributed by atoms with van der Waals surface area (Å²) in [6, 6.07) is 3.73. The second-order valence-electron chi connectivity index (χ2n) is 6.58. The van der Waals surface area contributed by atoms with E-state index >= 15 is 0 Å². The Labute approximate surface area is 172 Å². The lowest BCUT2D eigenvalue weighted by Gasteiger charge is -2.10. The molecule has 0 saturated heterocycles. The number of fused-ring (bicyclic) bond motifs is 5. The van der Waals surface area contributed by atoms with E-state index in [1.807, 2.05) is 19.1 Å². The van der Waals surface area contributed by atoms with Gasteiger partial charge >= 0.3 is 0 Å². The van der Waals surface area contributed by atoms with E-state index in [0.717, 1.165) is 22.0 Å². The van der Waals surface area contributed by atoms with Crippen LogP contribution < -0.4 is 16.0 Å². The Bertz CT molecular complexity index is 1290. The van der Waals surface area contributed by atoms with Crippen LogP contribution in [0.4, 0.5) is 21.7 Å². The number of hydrogen-bond acceptors (Lipinski definition) is 8. The molecule has 0 aliphatic carbocycles. The number of halogens is 2. The van der Waals surface area contributed by atoms with Crippen molar-refractivity contribution in [3.63, 3.8) is 0 Å². The lowest BCUT2D eigenvalue weighted by atomic mass is 10.1. The van der Waals surface area contributed by atoms with Crippen molar-refractivity contribution in [1.82, 2.24) is 25.3 Å². The molecule has 0 radical (unpaired) electrons. The summed E-state index contributed by atoms with van der Waals surface area (Å²) in [5.74, 6) is -0.531. The number of anilines is 3. The summed E-state index contributed by atoms with van der Waals surface area (Å²) in [6.45, 7) is 2.56. The highest BCUT2D eigenvalue weighted by molar-refractivity contribution is 7.21. The molecule has 1 atom stereocenters. The Balaban J connectivity index is 1.62. The second-order valence-corrected chi connectivity index (χ2v) is 7.97. The Morgan fingerprint density at radius 1 is 1.28 bits per heavy atom. The number of rotatable bonds is 2. The third kappa shape index (κ3) is 3.10. The molecule has 4 heterocycles. The Morgan fingerprint density at radius 2 is 2.14 bits per heavy atom. The quantitative estimate of drug-likeness (QED) is 0.417. The Morgan fingerprint density at radius 3 is 3.00 bits per heavy atom. The van der Waals surface area contributed by atoms with Gasteiger partial charge in [-0.15, -0.1) is 11.3 Å². The van der Waals surface area contributed by atoms with Crippen LogP contribution in [0.15, 0.2) is 24.5 Å². The van der Waals surface area contributed by atoms with Crippen LogP contribution in [0.5, 0.6) is 0 Å². The third-order valence-electron chi connectivity index (χ3n) is 4.49. The van der Waals surface area contributed by atoms with Crippen LogP contribution in [0.3, 0.4) is 0 Å². The smallest absolute Gasteiger partial charge is 0.263 e. The van der Waals surface area contributed by atoms with Crippen LogP contribution in [0.25, 0.3) is 21.1 Å². The Kier molecular flexibility index (Phi) is 4.18. The minimum Gasteiger partial charge on any atom is -0.381 e. The average Bonchev–Trinajstić information content (AvgIpc) is 3.01. The van der Waals surface area contributed by atoms with Crippen molar-refractivity contribution in [1.29, 1.82) is 0 Å². The maximum absolute atomic E-state index is 13.9. The van der Waals surface area contributed by atoms with Gasteiger partial charge in [0.15, 0.2) is 17.5 Å². The normalized spacial score (nSPS) is 16.2. The molecule has 3 aromatic heterocycles. The van der Waals surface area contributed by atoms with Crippen molar-refractivity contribution >= 4 is 67.3 Å². The summed E-state index contributed by atoms with van der Waals surface area (Å²) < 4.78 is 14.8. The first-order chi connectivity index (χ1) is 14.0. The molecule has 1 aliphatic rings. The van der Waals surface area contributed by atoms with E-state index < -0.39 is 5.82 Å². The van der Waals surface area contributed by atoms with E-state index in [1.165, 1.54) is 17.5 Å². The molecule has 146 valence electrons. The number of aromatic nitrogens is 4. The first-order valence-electron chi connectivity index (χ1n) is 8.71. The molecule has 1 amide bonds. The maximum atomic E-state index is 13.9. The highest BCUT2D eigenvalue weighted by Crippen LogP contribution is 2.40. The fourth-order valence-electron chi connectivity index (χ4n) is 3.21.